The molecule has 1 aromatic carbocycles. The average Bonchev–Trinajstić information content (AvgIpc) is 3.13. The number of hydrogen-bond donors (Lipinski definition) is 2. The number of hydrazine groups is 1. The number of anilines is 1. The first kappa shape index (κ1) is 16.5. The van der Waals surface area contributed by atoms with Crippen LogP contribution >= 0.6 is 0 Å². The Labute approximate surface area is 149 Å². The Kier molecular flexibility index (Phi) is 4.68. The van der Waals surface area contributed by atoms with E-state index in [-0.39, 0.29) is 0 Å². The van der Waals surface area contributed by atoms with Gasteiger partial charge in [-0.15, -0.1) is 5.10 Å². The first-order valence-corrected chi connectivity index (χ1v) is 9.31. The number of benzene rings is 1. The van der Waals surface area contributed by atoms with Crippen LogP contribution in [-0.2, 0) is 0 Å². The summed E-state index contributed by atoms with van der Waals surface area (Å²) in [7, 11) is 0. The highest BCUT2D eigenvalue weighted by molar-refractivity contribution is 5.38. The summed E-state index contributed by atoms with van der Waals surface area (Å²) in [6.07, 6.45) is 2.47. The van der Waals surface area contributed by atoms with Crippen LogP contribution in [0.1, 0.15) is 35.6 Å². The summed E-state index contributed by atoms with van der Waals surface area (Å²) in [5.41, 5.74) is 10.7. The number of aryl methyl sites for hydroxylation is 2. The summed E-state index contributed by atoms with van der Waals surface area (Å²) in [6, 6.07) is 13.6. The molecule has 0 spiro atoms. The maximum absolute atomic E-state index is 4.39. The zero-order chi connectivity index (χ0) is 17.2. The van der Waals surface area contributed by atoms with Crippen molar-refractivity contribution in [3.8, 4) is 0 Å². The molecular weight excluding hydrogens is 310 g/mol. The maximum Gasteiger partial charge on any atom is 0.151 e. The van der Waals surface area contributed by atoms with E-state index >= 15 is 0 Å². The number of hydrogen-bond acceptors (Lipinski definition) is 5. The lowest BCUT2D eigenvalue weighted by atomic mass is 9.81. The number of nitrogens with one attached hydrogen (secondary N) is 2. The number of aromatic nitrogens is 2. The second kappa shape index (κ2) is 7.10. The molecule has 3 unspecified atom stereocenters. The average molecular weight is 337 g/mol. The molecule has 2 N–H and O–H groups in total. The lowest BCUT2D eigenvalue weighted by molar-refractivity contribution is 0.304. The van der Waals surface area contributed by atoms with Crippen LogP contribution in [0.2, 0.25) is 0 Å². The molecule has 3 atom stereocenters. The predicted octanol–water partition coefficient (Wildman–Crippen LogP) is 2.57. The maximum atomic E-state index is 4.39. The standard InChI is InChI=1S/C20H27N5/c1-14-5-8-16(9-6-14)18-12-21-24-20(18)17-4-3-11-25(13-17)19-10-7-15(2)22-23-19/h5-10,17-18,20-21,24H,3-4,11-13H2,1-2H3. The normalized spacial score (nSPS) is 26.8. The van der Waals surface area contributed by atoms with Crippen molar-refractivity contribution in [2.75, 3.05) is 24.5 Å². The van der Waals surface area contributed by atoms with Crippen molar-refractivity contribution in [1.82, 2.24) is 21.0 Å². The Morgan fingerprint density at radius 1 is 1.04 bits per heavy atom. The Hall–Kier alpha value is -1.98. The SMILES string of the molecule is Cc1ccc(C2CNNC2C2CCCN(c3ccc(C)nn3)C2)cc1. The summed E-state index contributed by atoms with van der Waals surface area (Å²) in [6.45, 7) is 7.24. The van der Waals surface area contributed by atoms with E-state index in [1.807, 2.05) is 6.92 Å². The molecule has 0 saturated carbocycles. The zero-order valence-corrected chi connectivity index (χ0v) is 15.1. The topological polar surface area (TPSA) is 53.1 Å². The molecule has 0 bridgehead atoms. The third kappa shape index (κ3) is 3.53. The fourth-order valence-electron chi connectivity index (χ4n) is 4.17. The molecule has 0 aliphatic carbocycles. The van der Waals surface area contributed by atoms with Gasteiger partial charge in [0.1, 0.15) is 0 Å². The summed E-state index contributed by atoms with van der Waals surface area (Å²) < 4.78 is 0. The van der Waals surface area contributed by atoms with Crippen molar-refractivity contribution in [3.05, 3.63) is 53.2 Å². The van der Waals surface area contributed by atoms with E-state index in [2.05, 4.69) is 69.3 Å². The number of rotatable bonds is 3. The van der Waals surface area contributed by atoms with E-state index < -0.39 is 0 Å². The van der Waals surface area contributed by atoms with Gasteiger partial charge in [0.2, 0.25) is 0 Å². The van der Waals surface area contributed by atoms with E-state index in [0.717, 1.165) is 31.1 Å². The van der Waals surface area contributed by atoms with Gasteiger partial charge in [-0.3, -0.25) is 10.9 Å². The monoisotopic (exact) mass is 337 g/mol. The molecule has 2 aliphatic rings. The summed E-state index contributed by atoms with van der Waals surface area (Å²) in [4.78, 5) is 2.40. The van der Waals surface area contributed by atoms with Crippen LogP contribution in [0.15, 0.2) is 36.4 Å². The molecule has 132 valence electrons. The van der Waals surface area contributed by atoms with E-state index in [1.54, 1.807) is 0 Å². The number of piperidine rings is 1. The van der Waals surface area contributed by atoms with Crippen molar-refractivity contribution in [1.29, 1.82) is 0 Å². The van der Waals surface area contributed by atoms with Gasteiger partial charge in [-0.05, 0) is 50.3 Å². The van der Waals surface area contributed by atoms with Crippen LogP contribution in [0.5, 0.6) is 0 Å². The molecule has 2 aromatic rings. The molecule has 2 aliphatic heterocycles. The first-order chi connectivity index (χ1) is 12.2. The molecule has 2 fully saturated rings. The second-order valence-corrected chi connectivity index (χ2v) is 7.45. The molecule has 0 radical (unpaired) electrons. The van der Waals surface area contributed by atoms with Gasteiger partial charge in [0, 0.05) is 31.6 Å². The van der Waals surface area contributed by atoms with Gasteiger partial charge in [0.25, 0.3) is 0 Å². The lowest BCUT2D eigenvalue weighted by Crippen LogP contribution is -2.46. The molecule has 0 amide bonds. The minimum Gasteiger partial charge on any atom is -0.355 e. The van der Waals surface area contributed by atoms with Crippen molar-refractivity contribution in [2.24, 2.45) is 5.92 Å². The summed E-state index contributed by atoms with van der Waals surface area (Å²) in [5, 5.41) is 8.62. The van der Waals surface area contributed by atoms with Crippen molar-refractivity contribution in [2.45, 2.75) is 38.6 Å². The third-order valence-corrected chi connectivity index (χ3v) is 5.60. The van der Waals surface area contributed by atoms with Gasteiger partial charge in [-0.25, -0.2) is 0 Å². The molecule has 2 saturated heterocycles. The molecule has 5 heteroatoms. The Morgan fingerprint density at radius 2 is 1.88 bits per heavy atom. The number of nitrogens with zero attached hydrogens (tertiary/aromatic N) is 3. The Balaban J connectivity index is 1.50. The Bertz CT molecular complexity index is 697. The molecule has 5 nitrogen and oxygen atoms in total. The quantitative estimate of drug-likeness (QED) is 0.902. The minimum absolute atomic E-state index is 0.462. The highest BCUT2D eigenvalue weighted by atomic mass is 15.4. The van der Waals surface area contributed by atoms with Crippen LogP contribution < -0.4 is 15.8 Å². The second-order valence-electron chi connectivity index (χ2n) is 7.45. The highest BCUT2D eigenvalue weighted by Crippen LogP contribution is 2.32. The Morgan fingerprint density at radius 3 is 2.64 bits per heavy atom. The van der Waals surface area contributed by atoms with Crippen LogP contribution in [0.4, 0.5) is 5.82 Å². The van der Waals surface area contributed by atoms with Gasteiger partial charge >= 0.3 is 0 Å². The van der Waals surface area contributed by atoms with Crippen LogP contribution in [0.25, 0.3) is 0 Å². The van der Waals surface area contributed by atoms with E-state index in [0.29, 0.717) is 17.9 Å². The van der Waals surface area contributed by atoms with E-state index in [1.165, 1.54) is 24.0 Å². The minimum atomic E-state index is 0.462. The van der Waals surface area contributed by atoms with Gasteiger partial charge in [-0.2, -0.15) is 5.10 Å². The van der Waals surface area contributed by atoms with Crippen LogP contribution in [0.3, 0.4) is 0 Å². The molecule has 4 rings (SSSR count). The third-order valence-electron chi connectivity index (χ3n) is 5.60. The molecule has 1 aromatic heterocycles. The van der Waals surface area contributed by atoms with Crippen LogP contribution in [-0.4, -0.2) is 35.9 Å². The van der Waals surface area contributed by atoms with Gasteiger partial charge < -0.3 is 4.90 Å². The van der Waals surface area contributed by atoms with Gasteiger partial charge in [0.15, 0.2) is 5.82 Å². The molecular formula is C20H27N5. The fraction of sp³-hybridized carbons (Fsp3) is 0.500. The van der Waals surface area contributed by atoms with Crippen molar-refractivity contribution >= 4 is 5.82 Å². The smallest absolute Gasteiger partial charge is 0.151 e. The van der Waals surface area contributed by atoms with Crippen LogP contribution in [0, 0.1) is 19.8 Å². The van der Waals surface area contributed by atoms with Crippen molar-refractivity contribution < 1.29 is 0 Å². The van der Waals surface area contributed by atoms with E-state index in [9.17, 15) is 0 Å². The first-order valence-electron chi connectivity index (χ1n) is 9.31. The summed E-state index contributed by atoms with van der Waals surface area (Å²) in [5.74, 6) is 2.14. The van der Waals surface area contributed by atoms with Gasteiger partial charge in [0.05, 0.1) is 5.69 Å². The molecule has 25 heavy (non-hydrogen) atoms. The largest absolute Gasteiger partial charge is 0.355 e. The zero-order valence-electron chi connectivity index (χ0n) is 15.1. The highest BCUT2D eigenvalue weighted by Gasteiger charge is 2.36. The van der Waals surface area contributed by atoms with Gasteiger partial charge in [-0.1, -0.05) is 29.8 Å². The fourth-order valence-corrected chi connectivity index (χ4v) is 4.17. The van der Waals surface area contributed by atoms with E-state index in [4.69, 9.17) is 0 Å². The predicted molar refractivity (Wildman–Crippen MR) is 101 cm³/mol. The molecule has 3 heterocycles. The lowest BCUT2D eigenvalue weighted by Gasteiger charge is -2.37. The summed E-state index contributed by atoms with van der Waals surface area (Å²) >= 11 is 0. The van der Waals surface area contributed by atoms with Crippen molar-refractivity contribution in [3.63, 3.8) is 0 Å².